The Morgan fingerprint density at radius 3 is 2.52 bits per heavy atom. The zero-order valence-electron chi connectivity index (χ0n) is 18.1. The average molecular weight is 450 g/mol. The van der Waals surface area contributed by atoms with E-state index in [9.17, 15) is 23.5 Å². The standard InChI is InChI=1S/C25H20F2N2O4/c1-13-9-14(2)24(33-3)17(10-13)22(30)20-21(15-5-4-8-28-12-15)29(25(32)23(20)31)19-7-6-16(26)11-18(19)27/h4-12,21,30H,1-3H3/b22-20+. The van der Waals surface area contributed by atoms with E-state index in [0.29, 0.717) is 17.4 Å². The number of rotatable bonds is 4. The van der Waals surface area contributed by atoms with Crippen LogP contribution in [0.2, 0.25) is 0 Å². The highest BCUT2D eigenvalue weighted by atomic mass is 19.1. The number of anilines is 1. The van der Waals surface area contributed by atoms with E-state index in [0.717, 1.165) is 28.2 Å². The molecule has 0 bridgehead atoms. The third-order valence-corrected chi connectivity index (χ3v) is 5.49. The van der Waals surface area contributed by atoms with Crippen LogP contribution in [0.5, 0.6) is 5.75 Å². The first-order chi connectivity index (χ1) is 15.7. The smallest absolute Gasteiger partial charge is 0.300 e. The highest BCUT2D eigenvalue weighted by Crippen LogP contribution is 2.44. The molecule has 1 aliphatic heterocycles. The number of aromatic nitrogens is 1. The summed E-state index contributed by atoms with van der Waals surface area (Å²) in [6.45, 7) is 3.60. The van der Waals surface area contributed by atoms with Crippen molar-refractivity contribution >= 4 is 23.1 Å². The van der Waals surface area contributed by atoms with Gasteiger partial charge in [0.05, 0.1) is 30.0 Å². The second-order valence-electron chi connectivity index (χ2n) is 7.71. The van der Waals surface area contributed by atoms with E-state index in [2.05, 4.69) is 4.98 Å². The number of pyridine rings is 1. The number of carbonyl (C=O) groups is 2. The Morgan fingerprint density at radius 1 is 1.12 bits per heavy atom. The van der Waals surface area contributed by atoms with Gasteiger partial charge < -0.3 is 9.84 Å². The minimum atomic E-state index is -1.19. The topological polar surface area (TPSA) is 79.7 Å². The van der Waals surface area contributed by atoms with Crippen LogP contribution in [0.15, 0.2) is 60.4 Å². The third-order valence-electron chi connectivity index (χ3n) is 5.49. The van der Waals surface area contributed by atoms with Gasteiger partial charge in [-0.2, -0.15) is 0 Å². The van der Waals surface area contributed by atoms with Crippen LogP contribution in [0.25, 0.3) is 5.76 Å². The van der Waals surface area contributed by atoms with Gasteiger partial charge in [0.1, 0.15) is 23.1 Å². The molecule has 1 N–H and O–H groups in total. The molecule has 1 unspecified atom stereocenters. The molecule has 1 aromatic heterocycles. The number of halogens is 2. The van der Waals surface area contributed by atoms with Crippen molar-refractivity contribution < 1.29 is 28.2 Å². The molecule has 1 aliphatic rings. The number of aliphatic hydroxyl groups excluding tert-OH is 1. The number of nitrogens with zero attached hydrogens (tertiary/aromatic N) is 2. The maximum atomic E-state index is 14.7. The summed E-state index contributed by atoms with van der Waals surface area (Å²) in [6.07, 6.45) is 2.91. The van der Waals surface area contributed by atoms with E-state index in [-0.39, 0.29) is 16.8 Å². The highest BCUT2D eigenvalue weighted by Gasteiger charge is 2.48. The summed E-state index contributed by atoms with van der Waals surface area (Å²) >= 11 is 0. The fraction of sp³-hybridized carbons (Fsp3) is 0.160. The van der Waals surface area contributed by atoms with Crippen LogP contribution >= 0.6 is 0 Å². The number of carbonyl (C=O) groups excluding carboxylic acids is 2. The molecular formula is C25H20F2N2O4. The molecule has 1 atom stereocenters. The van der Waals surface area contributed by atoms with Gasteiger partial charge in [-0.1, -0.05) is 12.1 Å². The first-order valence-corrected chi connectivity index (χ1v) is 10.1. The highest BCUT2D eigenvalue weighted by molar-refractivity contribution is 6.51. The van der Waals surface area contributed by atoms with Crippen molar-refractivity contribution in [2.24, 2.45) is 0 Å². The molecule has 0 saturated carbocycles. The van der Waals surface area contributed by atoms with E-state index in [1.54, 1.807) is 25.1 Å². The number of benzene rings is 2. The minimum absolute atomic E-state index is 0.224. The van der Waals surface area contributed by atoms with Crippen LogP contribution in [0, 0.1) is 25.5 Å². The second kappa shape index (κ2) is 8.46. The molecule has 3 aromatic rings. The lowest BCUT2D eigenvalue weighted by molar-refractivity contribution is -0.132. The fourth-order valence-corrected chi connectivity index (χ4v) is 4.16. The van der Waals surface area contributed by atoms with Crippen LogP contribution in [-0.4, -0.2) is 28.9 Å². The summed E-state index contributed by atoms with van der Waals surface area (Å²) in [6, 6.07) is 8.18. The second-order valence-corrected chi connectivity index (χ2v) is 7.71. The monoisotopic (exact) mass is 450 g/mol. The number of Topliss-reactive ketones (excluding diaryl/α,β-unsaturated/α-hetero) is 1. The van der Waals surface area contributed by atoms with E-state index in [1.807, 2.05) is 13.0 Å². The largest absolute Gasteiger partial charge is 0.507 e. The molecule has 0 aliphatic carbocycles. The molecule has 168 valence electrons. The van der Waals surface area contributed by atoms with Gasteiger partial charge in [0.15, 0.2) is 0 Å². The summed E-state index contributed by atoms with van der Waals surface area (Å²) < 4.78 is 33.7. The molecule has 0 spiro atoms. The number of hydrogen-bond donors (Lipinski definition) is 1. The molecule has 8 heteroatoms. The van der Waals surface area contributed by atoms with Crippen molar-refractivity contribution in [3.8, 4) is 5.75 Å². The maximum absolute atomic E-state index is 14.7. The molecule has 0 radical (unpaired) electrons. The molecule has 1 amide bonds. The van der Waals surface area contributed by atoms with Crippen LogP contribution in [0.3, 0.4) is 0 Å². The maximum Gasteiger partial charge on any atom is 0.300 e. The van der Waals surface area contributed by atoms with Gasteiger partial charge in [0.2, 0.25) is 0 Å². The molecule has 1 fully saturated rings. The SMILES string of the molecule is COc1c(C)cc(C)cc1/C(O)=C1\C(=O)C(=O)N(c2ccc(F)cc2F)C1c1cccnc1. The number of aliphatic hydroxyl groups is 1. The number of amides is 1. The van der Waals surface area contributed by atoms with Gasteiger partial charge in [-0.15, -0.1) is 0 Å². The number of ketones is 1. The summed E-state index contributed by atoms with van der Waals surface area (Å²) in [5.74, 6) is -4.04. The van der Waals surface area contributed by atoms with E-state index in [4.69, 9.17) is 4.74 Å². The van der Waals surface area contributed by atoms with Gasteiger partial charge in [-0.25, -0.2) is 8.78 Å². The zero-order chi connectivity index (χ0) is 23.9. The van der Waals surface area contributed by atoms with Gasteiger partial charge in [0, 0.05) is 18.5 Å². The van der Waals surface area contributed by atoms with Crippen molar-refractivity contribution in [1.82, 2.24) is 4.98 Å². The Balaban J connectivity index is 2.02. The molecule has 33 heavy (non-hydrogen) atoms. The van der Waals surface area contributed by atoms with Gasteiger partial charge >= 0.3 is 0 Å². The fourth-order valence-electron chi connectivity index (χ4n) is 4.16. The normalized spacial score (nSPS) is 17.5. The number of ether oxygens (including phenoxy) is 1. The Morgan fingerprint density at radius 2 is 1.88 bits per heavy atom. The molecule has 1 saturated heterocycles. The van der Waals surface area contributed by atoms with Crippen molar-refractivity contribution in [1.29, 1.82) is 0 Å². The summed E-state index contributed by atoms with van der Waals surface area (Å²) in [5, 5.41) is 11.3. The van der Waals surface area contributed by atoms with Gasteiger partial charge in [-0.3, -0.25) is 19.5 Å². The average Bonchev–Trinajstić information content (AvgIpc) is 3.04. The quantitative estimate of drug-likeness (QED) is 0.357. The van der Waals surface area contributed by atoms with E-state index in [1.165, 1.54) is 19.5 Å². The van der Waals surface area contributed by atoms with Crippen LogP contribution in [0.4, 0.5) is 14.5 Å². The van der Waals surface area contributed by atoms with Gasteiger partial charge in [-0.05, 0) is 54.8 Å². The Bertz CT molecular complexity index is 1310. The van der Waals surface area contributed by atoms with Gasteiger partial charge in [0.25, 0.3) is 11.7 Å². The summed E-state index contributed by atoms with van der Waals surface area (Å²) in [7, 11) is 1.43. The number of aryl methyl sites for hydroxylation is 2. The Kier molecular flexibility index (Phi) is 5.68. The van der Waals surface area contributed by atoms with Crippen molar-refractivity contribution in [3.63, 3.8) is 0 Å². The first kappa shape index (κ1) is 22.1. The van der Waals surface area contributed by atoms with Crippen LogP contribution in [0.1, 0.15) is 28.3 Å². The number of hydrogen-bond acceptors (Lipinski definition) is 5. The van der Waals surface area contributed by atoms with Crippen molar-refractivity contribution in [2.45, 2.75) is 19.9 Å². The molecule has 4 rings (SSSR count). The number of methoxy groups -OCH3 is 1. The van der Waals surface area contributed by atoms with E-state index < -0.39 is 35.1 Å². The Hall–Kier alpha value is -4.07. The van der Waals surface area contributed by atoms with E-state index >= 15 is 0 Å². The predicted octanol–water partition coefficient (Wildman–Crippen LogP) is 4.61. The molecule has 2 aromatic carbocycles. The Labute approximate surface area is 188 Å². The van der Waals surface area contributed by atoms with Crippen molar-refractivity contribution in [2.75, 3.05) is 12.0 Å². The lowest BCUT2D eigenvalue weighted by atomic mass is 9.94. The minimum Gasteiger partial charge on any atom is -0.507 e. The van der Waals surface area contributed by atoms with Crippen LogP contribution in [-0.2, 0) is 9.59 Å². The van der Waals surface area contributed by atoms with Crippen molar-refractivity contribution in [3.05, 3.63) is 94.3 Å². The first-order valence-electron chi connectivity index (χ1n) is 10.1. The lowest BCUT2D eigenvalue weighted by Crippen LogP contribution is -2.30. The van der Waals surface area contributed by atoms with Crippen LogP contribution < -0.4 is 9.64 Å². The molecule has 2 heterocycles. The zero-order valence-corrected chi connectivity index (χ0v) is 18.1. The predicted molar refractivity (Wildman–Crippen MR) is 118 cm³/mol. The summed E-state index contributed by atoms with van der Waals surface area (Å²) in [4.78, 5) is 31.2. The third kappa shape index (κ3) is 3.73. The molecule has 6 nitrogen and oxygen atoms in total. The molecular weight excluding hydrogens is 430 g/mol. The lowest BCUT2D eigenvalue weighted by Gasteiger charge is -2.25. The summed E-state index contributed by atoms with van der Waals surface area (Å²) in [5.41, 5.74) is 1.56.